The molecule has 3 nitrogen and oxygen atoms in total. The van der Waals surface area contributed by atoms with Gasteiger partial charge in [-0.2, -0.15) is 5.10 Å². The standard InChI is InChI=1S/C14H19N3S/c1-3-18-13-6-4-12(5-7-13)14(15)8-11-9-16-17(2)10-11/h4-7,9-10,14H,3,8,15H2,1-2H3. The monoisotopic (exact) mass is 261 g/mol. The van der Waals surface area contributed by atoms with Crippen LogP contribution in [0, 0.1) is 0 Å². The predicted octanol–water partition coefficient (Wildman–Crippen LogP) is 2.77. The number of benzene rings is 1. The number of thioether (sulfide) groups is 1. The minimum Gasteiger partial charge on any atom is -0.324 e. The van der Waals surface area contributed by atoms with Gasteiger partial charge < -0.3 is 5.73 Å². The van der Waals surface area contributed by atoms with Crippen molar-refractivity contribution in [2.45, 2.75) is 24.3 Å². The Labute approximate surface area is 112 Å². The zero-order valence-electron chi connectivity index (χ0n) is 10.8. The van der Waals surface area contributed by atoms with E-state index in [0.717, 1.165) is 12.2 Å². The first-order valence-electron chi connectivity index (χ1n) is 6.15. The summed E-state index contributed by atoms with van der Waals surface area (Å²) in [4.78, 5) is 1.30. The fourth-order valence-corrected chi connectivity index (χ4v) is 2.59. The van der Waals surface area contributed by atoms with Crippen LogP contribution in [-0.4, -0.2) is 15.5 Å². The molecule has 0 fully saturated rings. The van der Waals surface area contributed by atoms with Crippen molar-refractivity contribution >= 4 is 11.8 Å². The third-order valence-corrected chi connectivity index (χ3v) is 3.73. The molecule has 1 aromatic heterocycles. The first kappa shape index (κ1) is 13.2. The molecule has 2 N–H and O–H groups in total. The van der Waals surface area contributed by atoms with Crippen LogP contribution < -0.4 is 5.73 Å². The van der Waals surface area contributed by atoms with Crippen molar-refractivity contribution in [2.24, 2.45) is 12.8 Å². The van der Waals surface area contributed by atoms with Crippen molar-refractivity contribution in [3.63, 3.8) is 0 Å². The first-order chi connectivity index (χ1) is 8.69. The summed E-state index contributed by atoms with van der Waals surface area (Å²) in [6.07, 6.45) is 4.72. The summed E-state index contributed by atoms with van der Waals surface area (Å²) in [5, 5.41) is 4.16. The molecule has 0 radical (unpaired) electrons. The molecule has 0 spiro atoms. The highest BCUT2D eigenvalue weighted by molar-refractivity contribution is 7.99. The summed E-state index contributed by atoms with van der Waals surface area (Å²) < 4.78 is 1.81. The van der Waals surface area contributed by atoms with Gasteiger partial charge in [-0.05, 0) is 35.4 Å². The molecule has 0 aliphatic rings. The molecule has 0 saturated heterocycles. The Morgan fingerprint density at radius 1 is 1.33 bits per heavy atom. The lowest BCUT2D eigenvalue weighted by atomic mass is 10.0. The minimum absolute atomic E-state index is 0.0369. The smallest absolute Gasteiger partial charge is 0.0522 e. The number of hydrogen-bond acceptors (Lipinski definition) is 3. The number of aryl methyl sites for hydroxylation is 1. The molecule has 2 aromatic rings. The second kappa shape index (κ2) is 6.07. The van der Waals surface area contributed by atoms with Crippen molar-refractivity contribution in [1.29, 1.82) is 0 Å². The van der Waals surface area contributed by atoms with Gasteiger partial charge in [-0.1, -0.05) is 19.1 Å². The van der Waals surface area contributed by atoms with Crippen LogP contribution in [0.25, 0.3) is 0 Å². The van der Waals surface area contributed by atoms with Gasteiger partial charge in [0.25, 0.3) is 0 Å². The van der Waals surface area contributed by atoms with Crippen molar-refractivity contribution in [1.82, 2.24) is 9.78 Å². The van der Waals surface area contributed by atoms with Crippen LogP contribution in [0.4, 0.5) is 0 Å². The molecule has 1 aromatic carbocycles. The molecule has 1 unspecified atom stereocenters. The Bertz CT molecular complexity index is 490. The van der Waals surface area contributed by atoms with E-state index in [4.69, 9.17) is 5.73 Å². The Kier molecular flexibility index (Phi) is 4.44. The van der Waals surface area contributed by atoms with E-state index in [9.17, 15) is 0 Å². The molecule has 1 atom stereocenters. The van der Waals surface area contributed by atoms with Gasteiger partial charge in [0, 0.05) is 24.2 Å². The van der Waals surface area contributed by atoms with Crippen LogP contribution >= 0.6 is 11.8 Å². The third-order valence-electron chi connectivity index (χ3n) is 2.83. The minimum atomic E-state index is 0.0369. The van der Waals surface area contributed by atoms with E-state index in [-0.39, 0.29) is 6.04 Å². The van der Waals surface area contributed by atoms with E-state index in [2.05, 4.69) is 36.3 Å². The molecule has 0 aliphatic heterocycles. The van der Waals surface area contributed by atoms with Crippen LogP contribution in [-0.2, 0) is 13.5 Å². The molecule has 18 heavy (non-hydrogen) atoms. The van der Waals surface area contributed by atoms with Gasteiger partial charge in [0.15, 0.2) is 0 Å². The first-order valence-corrected chi connectivity index (χ1v) is 7.13. The van der Waals surface area contributed by atoms with E-state index in [1.54, 1.807) is 0 Å². The predicted molar refractivity (Wildman–Crippen MR) is 76.7 cm³/mol. The highest BCUT2D eigenvalue weighted by Crippen LogP contribution is 2.21. The summed E-state index contributed by atoms with van der Waals surface area (Å²) in [7, 11) is 1.92. The fraction of sp³-hybridized carbons (Fsp3) is 0.357. The largest absolute Gasteiger partial charge is 0.324 e. The summed E-state index contributed by atoms with van der Waals surface area (Å²) >= 11 is 1.85. The average Bonchev–Trinajstić information content (AvgIpc) is 2.76. The fourth-order valence-electron chi connectivity index (χ4n) is 1.93. The van der Waals surface area contributed by atoms with Gasteiger partial charge in [0.1, 0.15) is 0 Å². The Morgan fingerprint density at radius 3 is 2.61 bits per heavy atom. The van der Waals surface area contributed by atoms with Crippen LogP contribution in [0.5, 0.6) is 0 Å². The molecule has 2 rings (SSSR count). The lowest BCUT2D eigenvalue weighted by molar-refractivity contribution is 0.718. The third kappa shape index (κ3) is 3.37. The van der Waals surface area contributed by atoms with Crippen LogP contribution in [0.2, 0.25) is 0 Å². The molecule has 4 heteroatoms. The summed E-state index contributed by atoms with van der Waals surface area (Å²) in [6, 6.07) is 8.58. The number of aromatic nitrogens is 2. The molecule has 1 heterocycles. The van der Waals surface area contributed by atoms with Gasteiger partial charge in [-0.3, -0.25) is 4.68 Å². The van der Waals surface area contributed by atoms with Crippen molar-refractivity contribution in [3.05, 3.63) is 47.8 Å². The SMILES string of the molecule is CCSc1ccc(C(N)Cc2cnn(C)c2)cc1. The molecule has 96 valence electrons. The molecule has 0 aliphatic carbocycles. The second-order valence-electron chi connectivity index (χ2n) is 4.33. The lowest BCUT2D eigenvalue weighted by Gasteiger charge is -2.11. The summed E-state index contributed by atoms with van der Waals surface area (Å²) in [5.41, 5.74) is 8.57. The molecular weight excluding hydrogens is 242 g/mol. The van der Waals surface area contributed by atoms with E-state index in [0.29, 0.717) is 0 Å². The molecular formula is C14H19N3S. The van der Waals surface area contributed by atoms with Crippen LogP contribution in [0.1, 0.15) is 24.1 Å². The van der Waals surface area contributed by atoms with Crippen molar-refractivity contribution in [2.75, 3.05) is 5.75 Å². The number of rotatable bonds is 5. The normalized spacial score (nSPS) is 12.6. The van der Waals surface area contributed by atoms with Gasteiger partial charge in [-0.15, -0.1) is 11.8 Å². The molecule has 0 amide bonds. The Morgan fingerprint density at radius 2 is 2.06 bits per heavy atom. The van der Waals surface area contributed by atoms with Crippen molar-refractivity contribution in [3.8, 4) is 0 Å². The lowest BCUT2D eigenvalue weighted by Crippen LogP contribution is -2.12. The van der Waals surface area contributed by atoms with Gasteiger partial charge in [0.05, 0.1) is 6.20 Å². The quantitative estimate of drug-likeness (QED) is 0.842. The zero-order valence-corrected chi connectivity index (χ0v) is 11.7. The maximum atomic E-state index is 6.22. The Balaban J connectivity index is 2.02. The van der Waals surface area contributed by atoms with E-state index >= 15 is 0 Å². The Hall–Kier alpha value is -1.26. The van der Waals surface area contributed by atoms with Crippen LogP contribution in [0.3, 0.4) is 0 Å². The van der Waals surface area contributed by atoms with Gasteiger partial charge >= 0.3 is 0 Å². The van der Waals surface area contributed by atoms with Crippen LogP contribution in [0.15, 0.2) is 41.6 Å². The highest BCUT2D eigenvalue weighted by atomic mass is 32.2. The highest BCUT2D eigenvalue weighted by Gasteiger charge is 2.08. The summed E-state index contributed by atoms with van der Waals surface area (Å²) in [5.74, 6) is 1.10. The number of nitrogens with zero attached hydrogens (tertiary/aromatic N) is 2. The maximum Gasteiger partial charge on any atom is 0.0522 e. The average molecular weight is 261 g/mol. The number of hydrogen-bond donors (Lipinski definition) is 1. The molecule has 0 bridgehead atoms. The topological polar surface area (TPSA) is 43.8 Å². The van der Waals surface area contributed by atoms with Gasteiger partial charge in [-0.25, -0.2) is 0 Å². The molecule has 0 saturated carbocycles. The zero-order chi connectivity index (χ0) is 13.0. The van der Waals surface area contributed by atoms with E-state index < -0.39 is 0 Å². The van der Waals surface area contributed by atoms with E-state index in [1.807, 2.05) is 35.9 Å². The maximum absolute atomic E-state index is 6.22. The van der Waals surface area contributed by atoms with Crippen molar-refractivity contribution < 1.29 is 0 Å². The van der Waals surface area contributed by atoms with E-state index in [1.165, 1.54) is 16.0 Å². The summed E-state index contributed by atoms with van der Waals surface area (Å²) in [6.45, 7) is 2.16. The van der Waals surface area contributed by atoms with Gasteiger partial charge in [0.2, 0.25) is 0 Å². The number of nitrogens with two attached hydrogens (primary N) is 1. The second-order valence-corrected chi connectivity index (χ2v) is 5.67.